The largest absolute Gasteiger partial charge is 0.347 e. The molecule has 1 aliphatic rings. The van der Waals surface area contributed by atoms with Crippen LogP contribution in [0.5, 0.6) is 0 Å². The summed E-state index contributed by atoms with van der Waals surface area (Å²) in [7, 11) is -3.13. The molecule has 32 heavy (non-hydrogen) atoms. The normalized spacial score (nSPS) is 17.7. The summed E-state index contributed by atoms with van der Waals surface area (Å²) in [5.74, 6) is -0.411. The van der Waals surface area contributed by atoms with Crippen molar-refractivity contribution in [2.75, 3.05) is 11.5 Å². The second-order valence-corrected chi connectivity index (χ2v) is 10.4. The fourth-order valence-corrected chi connectivity index (χ4v) is 5.92. The fraction of sp³-hybridized carbons (Fsp3) is 0.261. The molecule has 3 aromatic heterocycles. The Morgan fingerprint density at radius 3 is 2.66 bits per heavy atom. The van der Waals surface area contributed by atoms with Crippen molar-refractivity contribution in [2.45, 2.75) is 25.9 Å². The SMILES string of the molecule is Cc1cccn2c(=O)c3cc(C(=O)N[C@H]4CCS(=O)(=O)C4)n(Cc4ccccc4)c3nc12. The Bertz CT molecular complexity index is 1520. The lowest BCUT2D eigenvalue weighted by molar-refractivity contribution is 0.0932. The molecule has 4 heterocycles. The third-order valence-corrected chi connectivity index (χ3v) is 7.64. The van der Waals surface area contributed by atoms with Gasteiger partial charge in [0.25, 0.3) is 11.5 Å². The molecular weight excluding hydrogens is 428 g/mol. The molecular formula is C23H22N4O4S. The lowest BCUT2D eigenvalue weighted by Crippen LogP contribution is -2.36. The van der Waals surface area contributed by atoms with E-state index in [9.17, 15) is 18.0 Å². The minimum absolute atomic E-state index is 0.0678. The second-order valence-electron chi connectivity index (χ2n) is 8.21. The molecule has 4 aromatic rings. The maximum absolute atomic E-state index is 13.2. The first-order valence-electron chi connectivity index (χ1n) is 10.4. The summed E-state index contributed by atoms with van der Waals surface area (Å²) in [5, 5.41) is 3.18. The molecule has 1 N–H and O–H groups in total. The van der Waals surface area contributed by atoms with Crippen LogP contribution in [-0.2, 0) is 16.4 Å². The van der Waals surface area contributed by atoms with Gasteiger partial charge >= 0.3 is 0 Å². The minimum atomic E-state index is -3.13. The molecule has 0 saturated carbocycles. The van der Waals surface area contributed by atoms with Crippen LogP contribution in [0.3, 0.4) is 0 Å². The molecule has 0 radical (unpaired) electrons. The Morgan fingerprint density at radius 2 is 1.94 bits per heavy atom. The van der Waals surface area contributed by atoms with E-state index >= 15 is 0 Å². The van der Waals surface area contributed by atoms with E-state index < -0.39 is 21.8 Å². The van der Waals surface area contributed by atoms with Crippen molar-refractivity contribution in [1.29, 1.82) is 0 Å². The maximum atomic E-state index is 13.2. The van der Waals surface area contributed by atoms with Gasteiger partial charge in [0.1, 0.15) is 17.0 Å². The maximum Gasteiger partial charge on any atom is 0.268 e. The van der Waals surface area contributed by atoms with E-state index in [-0.39, 0.29) is 22.8 Å². The Balaban J connectivity index is 1.67. The Hall–Kier alpha value is -3.46. The zero-order valence-electron chi connectivity index (χ0n) is 17.5. The van der Waals surface area contributed by atoms with Gasteiger partial charge in [-0.15, -0.1) is 0 Å². The predicted octanol–water partition coefficient (Wildman–Crippen LogP) is 1.92. The van der Waals surface area contributed by atoms with Crippen molar-refractivity contribution in [3.05, 3.63) is 81.9 Å². The number of fused-ring (bicyclic) bond motifs is 2. The van der Waals surface area contributed by atoms with Crippen molar-refractivity contribution < 1.29 is 13.2 Å². The molecule has 1 amide bonds. The highest BCUT2D eigenvalue weighted by atomic mass is 32.2. The van der Waals surface area contributed by atoms with E-state index in [4.69, 9.17) is 4.98 Å². The van der Waals surface area contributed by atoms with Gasteiger partial charge in [-0.25, -0.2) is 13.4 Å². The molecule has 1 saturated heterocycles. The number of nitrogens with zero attached hydrogens (tertiary/aromatic N) is 3. The van der Waals surface area contributed by atoms with Crippen LogP contribution < -0.4 is 10.9 Å². The lowest BCUT2D eigenvalue weighted by atomic mass is 10.2. The minimum Gasteiger partial charge on any atom is -0.347 e. The second kappa shape index (κ2) is 7.59. The molecule has 0 bridgehead atoms. The van der Waals surface area contributed by atoms with Crippen LogP contribution in [0, 0.1) is 6.92 Å². The average molecular weight is 451 g/mol. The smallest absolute Gasteiger partial charge is 0.268 e. The van der Waals surface area contributed by atoms with E-state index in [1.807, 2.05) is 43.3 Å². The van der Waals surface area contributed by atoms with Crippen LogP contribution in [0.2, 0.25) is 0 Å². The quantitative estimate of drug-likeness (QED) is 0.512. The predicted molar refractivity (Wildman–Crippen MR) is 122 cm³/mol. The number of carbonyl (C=O) groups excluding carboxylic acids is 1. The van der Waals surface area contributed by atoms with E-state index in [1.54, 1.807) is 22.9 Å². The van der Waals surface area contributed by atoms with Crippen molar-refractivity contribution in [3.63, 3.8) is 0 Å². The Labute approximate surface area is 184 Å². The average Bonchev–Trinajstić information content (AvgIpc) is 3.29. The van der Waals surface area contributed by atoms with Gasteiger partial charge in [0.05, 0.1) is 16.9 Å². The summed E-state index contributed by atoms with van der Waals surface area (Å²) < 4.78 is 26.8. The van der Waals surface area contributed by atoms with Gasteiger partial charge < -0.3 is 9.88 Å². The van der Waals surface area contributed by atoms with Gasteiger partial charge in [-0.2, -0.15) is 0 Å². The van der Waals surface area contributed by atoms with Crippen LogP contribution >= 0.6 is 0 Å². The number of hydrogen-bond donors (Lipinski definition) is 1. The Morgan fingerprint density at radius 1 is 1.16 bits per heavy atom. The monoisotopic (exact) mass is 450 g/mol. The summed E-state index contributed by atoms with van der Waals surface area (Å²) in [6, 6.07) is 14.4. The highest BCUT2D eigenvalue weighted by Crippen LogP contribution is 2.20. The first-order valence-corrected chi connectivity index (χ1v) is 12.2. The van der Waals surface area contributed by atoms with E-state index in [0.717, 1.165) is 11.1 Å². The summed E-state index contributed by atoms with van der Waals surface area (Å²) in [4.78, 5) is 31.2. The third-order valence-electron chi connectivity index (χ3n) is 5.88. The van der Waals surface area contributed by atoms with Crippen LogP contribution in [0.1, 0.15) is 28.0 Å². The zero-order valence-corrected chi connectivity index (χ0v) is 18.3. The van der Waals surface area contributed by atoms with Gasteiger partial charge in [-0.05, 0) is 36.6 Å². The van der Waals surface area contributed by atoms with Crippen LogP contribution in [0.25, 0.3) is 16.7 Å². The van der Waals surface area contributed by atoms with Gasteiger partial charge in [0.15, 0.2) is 9.84 Å². The molecule has 0 unspecified atom stereocenters. The Kier molecular flexibility index (Phi) is 4.85. The summed E-state index contributed by atoms with van der Waals surface area (Å²) in [5.41, 5.74) is 2.79. The summed E-state index contributed by atoms with van der Waals surface area (Å²) in [6.45, 7) is 2.23. The molecule has 1 aromatic carbocycles. The molecule has 1 fully saturated rings. The molecule has 1 aliphatic heterocycles. The van der Waals surface area contributed by atoms with Crippen molar-refractivity contribution in [2.24, 2.45) is 0 Å². The van der Waals surface area contributed by atoms with Gasteiger partial charge in [-0.1, -0.05) is 36.4 Å². The number of pyridine rings is 1. The van der Waals surface area contributed by atoms with Gasteiger partial charge in [0, 0.05) is 18.8 Å². The van der Waals surface area contributed by atoms with E-state index in [1.165, 1.54) is 4.40 Å². The molecule has 5 rings (SSSR count). The van der Waals surface area contributed by atoms with Crippen molar-refractivity contribution in [3.8, 4) is 0 Å². The molecule has 1 atom stereocenters. The summed E-state index contributed by atoms with van der Waals surface area (Å²) in [6.07, 6.45) is 2.05. The molecule has 0 spiro atoms. The first-order chi connectivity index (χ1) is 15.3. The van der Waals surface area contributed by atoms with Crippen LogP contribution in [0.15, 0.2) is 59.5 Å². The zero-order chi connectivity index (χ0) is 22.5. The van der Waals surface area contributed by atoms with Crippen molar-refractivity contribution in [1.82, 2.24) is 19.3 Å². The topological polar surface area (TPSA) is 103 Å². The molecule has 164 valence electrons. The van der Waals surface area contributed by atoms with Crippen LogP contribution in [-0.4, -0.2) is 45.8 Å². The standard InChI is InChI=1S/C23H22N4O4S/c1-15-6-5-10-26-20(15)25-21-18(23(26)29)12-19(27(21)13-16-7-3-2-4-8-16)22(28)24-17-9-11-32(30,31)14-17/h2-8,10,12,17H,9,11,13-14H2,1H3,(H,24,28)/t17-/m0/s1. The first kappa shape index (κ1) is 20.4. The number of rotatable bonds is 4. The number of benzene rings is 1. The number of nitrogens with one attached hydrogen (secondary N) is 1. The highest BCUT2D eigenvalue weighted by Gasteiger charge is 2.30. The van der Waals surface area contributed by atoms with E-state index in [2.05, 4.69) is 5.32 Å². The number of carbonyl (C=O) groups is 1. The van der Waals surface area contributed by atoms with Crippen LogP contribution in [0.4, 0.5) is 0 Å². The molecule has 8 nitrogen and oxygen atoms in total. The highest BCUT2D eigenvalue weighted by molar-refractivity contribution is 7.91. The van der Waals surface area contributed by atoms with E-state index in [0.29, 0.717) is 29.6 Å². The number of amides is 1. The molecule has 9 heteroatoms. The number of hydrogen-bond acceptors (Lipinski definition) is 5. The van der Waals surface area contributed by atoms with Gasteiger partial charge in [0.2, 0.25) is 0 Å². The lowest BCUT2D eigenvalue weighted by Gasteiger charge is -2.14. The number of sulfone groups is 1. The number of aromatic nitrogens is 3. The fourth-order valence-electron chi connectivity index (χ4n) is 4.24. The third kappa shape index (κ3) is 3.58. The number of aryl methyl sites for hydroxylation is 1. The summed E-state index contributed by atoms with van der Waals surface area (Å²) >= 11 is 0. The van der Waals surface area contributed by atoms with Gasteiger partial charge in [-0.3, -0.25) is 14.0 Å². The molecule has 0 aliphatic carbocycles. The van der Waals surface area contributed by atoms with Crippen molar-refractivity contribution >= 4 is 32.4 Å².